The molecule has 0 unspecified atom stereocenters. The number of carbonyl (C=O) groups is 3. The Bertz CT molecular complexity index is 526. The van der Waals surface area contributed by atoms with Crippen molar-refractivity contribution in [2.75, 3.05) is 5.32 Å². The van der Waals surface area contributed by atoms with Crippen LogP contribution in [0.25, 0.3) is 0 Å². The van der Waals surface area contributed by atoms with Crippen LogP contribution in [0.4, 0.5) is 5.69 Å². The highest BCUT2D eigenvalue weighted by Gasteiger charge is 2.07. The summed E-state index contributed by atoms with van der Waals surface area (Å²) in [5, 5.41) is 2.70. The second kappa shape index (κ2) is 10.4. The second-order valence-corrected chi connectivity index (χ2v) is 5.29. The summed E-state index contributed by atoms with van der Waals surface area (Å²) in [5.41, 5.74) is 5.83. The second-order valence-electron chi connectivity index (χ2n) is 5.29. The lowest BCUT2D eigenvalue weighted by molar-refractivity contribution is -0.122. The number of rotatable bonds is 8. The first-order chi connectivity index (χ1) is 11.1. The van der Waals surface area contributed by atoms with Gasteiger partial charge < -0.3 is 5.32 Å². The van der Waals surface area contributed by atoms with Crippen molar-refractivity contribution < 1.29 is 14.4 Å². The fourth-order valence-corrected chi connectivity index (χ4v) is 1.93. The molecule has 0 fully saturated rings. The Kier molecular flexibility index (Phi) is 8.42. The monoisotopic (exact) mass is 319 g/mol. The molecule has 0 aliphatic carbocycles. The van der Waals surface area contributed by atoms with Crippen LogP contribution < -0.4 is 16.2 Å². The fraction of sp³-hybridized carbons (Fsp3) is 0.471. The normalized spacial score (nSPS) is 10.0. The zero-order chi connectivity index (χ0) is 17.1. The van der Waals surface area contributed by atoms with Crippen molar-refractivity contribution in [1.82, 2.24) is 10.9 Å². The smallest absolute Gasteiger partial charge is 0.269 e. The van der Waals surface area contributed by atoms with Gasteiger partial charge in [0.25, 0.3) is 5.91 Å². The average molecular weight is 319 g/mol. The summed E-state index contributed by atoms with van der Waals surface area (Å²) >= 11 is 0. The molecule has 0 heterocycles. The number of hydrogen-bond donors (Lipinski definition) is 3. The van der Waals surface area contributed by atoms with Gasteiger partial charge in [-0.25, -0.2) is 0 Å². The number of amides is 3. The van der Waals surface area contributed by atoms with E-state index in [1.165, 1.54) is 0 Å². The molecular formula is C17H25N3O3. The zero-order valence-corrected chi connectivity index (χ0v) is 13.8. The first kappa shape index (κ1) is 18.7. The molecule has 1 rings (SSSR count). The molecule has 1 aromatic carbocycles. The third kappa shape index (κ3) is 7.44. The Labute approximate surface area is 137 Å². The van der Waals surface area contributed by atoms with Crippen molar-refractivity contribution in [3.8, 4) is 0 Å². The topological polar surface area (TPSA) is 87.3 Å². The highest BCUT2D eigenvalue weighted by atomic mass is 16.2. The summed E-state index contributed by atoms with van der Waals surface area (Å²) in [7, 11) is 0. The van der Waals surface area contributed by atoms with Crippen molar-refractivity contribution in [3.63, 3.8) is 0 Å². The molecular weight excluding hydrogens is 294 g/mol. The SMILES string of the molecule is CCCCCCC(=O)NNC(=O)c1ccc(NC(=O)CC)cc1. The highest BCUT2D eigenvalue weighted by Crippen LogP contribution is 2.09. The maximum atomic E-state index is 11.9. The molecule has 1 aromatic rings. The van der Waals surface area contributed by atoms with Gasteiger partial charge in [-0.1, -0.05) is 33.1 Å². The Hall–Kier alpha value is -2.37. The lowest BCUT2D eigenvalue weighted by Gasteiger charge is -2.08. The molecule has 0 saturated carbocycles. The quantitative estimate of drug-likeness (QED) is 0.508. The van der Waals surface area contributed by atoms with E-state index >= 15 is 0 Å². The summed E-state index contributed by atoms with van der Waals surface area (Å²) < 4.78 is 0. The molecule has 0 saturated heterocycles. The molecule has 0 radical (unpaired) electrons. The molecule has 6 nitrogen and oxygen atoms in total. The van der Waals surface area contributed by atoms with E-state index in [4.69, 9.17) is 0 Å². The summed E-state index contributed by atoms with van der Waals surface area (Å²) in [5.74, 6) is -0.668. The maximum Gasteiger partial charge on any atom is 0.269 e. The van der Waals surface area contributed by atoms with E-state index in [0.717, 1.165) is 25.7 Å². The van der Waals surface area contributed by atoms with Gasteiger partial charge >= 0.3 is 0 Å². The fourth-order valence-electron chi connectivity index (χ4n) is 1.93. The lowest BCUT2D eigenvalue weighted by Crippen LogP contribution is -2.41. The van der Waals surface area contributed by atoms with E-state index < -0.39 is 0 Å². The average Bonchev–Trinajstić information content (AvgIpc) is 2.57. The van der Waals surface area contributed by atoms with E-state index in [1.807, 2.05) is 0 Å². The molecule has 126 valence electrons. The van der Waals surface area contributed by atoms with Crippen molar-refractivity contribution in [2.24, 2.45) is 0 Å². The van der Waals surface area contributed by atoms with E-state index in [-0.39, 0.29) is 17.7 Å². The lowest BCUT2D eigenvalue weighted by atomic mass is 10.1. The maximum absolute atomic E-state index is 11.9. The van der Waals surface area contributed by atoms with E-state index in [1.54, 1.807) is 31.2 Å². The standard InChI is InChI=1S/C17H25N3O3/c1-3-5-6-7-8-16(22)19-20-17(23)13-9-11-14(12-10-13)18-15(21)4-2/h9-12H,3-8H2,1-2H3,(H,18,21)(H,19,22)(H,20,23). The number of hydrazine groups is 1. The Morgan fingerprint density at radius 1 is 0.870 bits per heavy atom. The minimum absolute atomic E-state index is 0.0856. The third-order valence-electron chi connectivity index (χ3n) is 3.32. The zero-order valence-electron chi connectivity index (χ0n) is 13.8. The van der Waals surface area contributed by atoms with Crippen molar-refractivity contribution >= 4 is 23.4 Å². The number of nitrogens with one attached hydrogen (secondary N) is 3. The number of carbonyl (C=O) groups excluding carboxylic acids is 3. The van der Waals surface area contributed by atoms with Gasteiger partial charge in [0, 0.05) is 24.1 Å². The first-order valence-electron chi connectivity index (χ1n) is 8.06. The molecule has 0 spiro atoms. The van der Waals surface area contributed by atoms with Gasteiger partial charge in [-0.2, -0.15) is 0 Å². The van der Waals surface area contributed by atoms with Crippen LogP contribution in [0.1, 0.15) is 62.7 Å². The molecule has 0 aliphatic rings. The predicted octanol–water partition coefficient (Wildman–Crippen LogP) is 2.77. The van der Waals surface area contributed by atoms with Crippen molar-refractivity contribution in [1.29, 1.82) is 0 Å². The summed E-state index contributed by atoms with van der Waals surface area (Å²) in [6, 6.07) is 6.48. The number of anilines is 1. The van der Waals surface area contributed by atoms with E-state index in [2.05, 4.69) is 23.1 Å². The van der Waals surface area contributed by atoms with Gasteiger partial charge in [0.05, 0.1) is 0 Å². The Balaban J connectivity index is 2.37. The van der Waals surface area contributed by atoms with Crippen LogP contribution >= 0.6 is 0 Å². The molecule has 0 aliphatic heterocycles. The van der Waals surface area contributed by atoms with Gasteiger partial charge in [0.1, 0.15) is 0 Å². The largest absolute Gasteiger partial charge is 0.326 e. The van der Waals surface area contributed by atoms with E-state index in [9.17, 15) is 14.4 Å². The highest BCUT2D eigenvalue weighted by molar-refractivity contribution is 5.96. The molecule has 3 N–H and O–H groups in total. The van der Waals surface area contributed by atoms with Crippen LogP contribution in [0.5, 0.6) is 0 Å². The number of benzene rings is 1. The molecule has 6 heteroatoms. The Morgan fingerprint density at radius 3 is 2.17 bits per heavy atom. The van der Waals surface area contributed by atoms with Crippen LogP contribution in [0, 0.1) is 0 Å². The molecule has 0 aromatic heterocycles. The molecule has 3 amide bonds. The van der Waals surface area contributed by atoms with Gasteiger partial charge in [-0.05, 0) is 30.7 Å². The molecule has 0 atom stereocenters. The van der Waals surface area contributed by atoms with Gasteiger partial charge in [0.15, 0.2) is 0 Å². The summed E-state index contributed by atoms with van der Waals surface area (Å²) in [6.45, 7) is 3.88. The van der Waals surface area contributed by atoms with Crippen LogP contribution in [0.2, 0.25) is 0 Å². The number of hydrogen-bond acceptors (Lipinski definition) is 3. The van der Waals surface area contributed by atoms with Gasteiger partial charge in [-0.3, -0.25) is 25.2 Å². The summed E-state index contributed by atoms with van der Waals surface area (Å²) in [4.78, 5) is 34.7. The molecule has 23 heavy (non-hydrogen) atoms. The van der Waals surface area contributed by atoms with Crippen molar-refractivity contribution in [2.45, 2.75) is 52.4 Å². The minimum atomic E-state index is -0.389. The van der Waals surface area contributed by atoms with Gasteiger partial charge in [0.2, 0.25) is 11.8 Å². The minimum Gasteiger partial charge on any atom is -0.326 e. The van der Waals surface area contributed by atoms with Crippen LogP contribution in [-0.4, -0.2) is 17.7 Å². The Morgan fingerprint density at radius 2 is 1.57 bits per heavy atom. The van der Waals surface area contributed by atoms with Gasteiger partial charge in [-0.15, -0.1) is 0 Å². The van der Waals surface area contributed by atoms with Crippen molar-refractivity contribution in [3.05, 3.63) is 29.8 Å². The third-order valence-corrected chi connectivity index (χ3v) is 3.32. The van der Waals surface area contributed by atoms with Crippen LogP contribution in [0.15, 0.2) is 24.3 Å². The van der Waals surface area contributed by atoms with Crippen LogP contribution in [-0.2, 0) is 9.59 Å². The first-order valence-corrected chi connectivity index (χ1v) is 8.06. The number of unbranched alkanes of at least 4 members (excludes halogenated alkanes) is 3. The van der Waals surface area contributed by atoms with E-state index in [0.29, 0.717) is 24.1 Å². The van der Waals surface area contributed by atoms with Crippen LogP contribution in [0.3, 0.4) is 0 Å². The molecule has 0 bridgehead atoms. The predicted molar refractivity (Wildman–Crippen MR) is 89.7 cm³/mol. The summed E-state index contributed by atoms with van der Waals surface area (Å²) in [6.07, 6.45) is 4.87.